The number of nitrogen functional groups attached to an aromatic ring is 1. The first-order valence-electron chi connectivity index (χ1n) is 5.76. The monoisotopic (exact) mass is 241 g/mol. The fraction of sp³-hybridized carbons (Fsp3) is 0.133. The van der Waals surface area contributed by atoms with Gasteiger partial charge in [0.15, 0.2) is 0 Å². The molecule has 0 aliphatic carbocycles. The molecule has 0 aliphatic rings. The molecule has 0 amide bonds. The number of benzene rings is 2. The molecule has 18 heavy (non-hydrogen) atoms. The van der Waals surface area contributed by atoms with Crippen LogP contribution in [0, 0.1) is 6.92 Å². The van der Waals surface area contributed by atoms with Gasteiger partial charge in [-0.05, 0) is 30.7 Å². The topological polar surface area (TPSA) is 52.3 Å². The maximum atomic E-state index is 11.7. The Balaban J connectivity index is 2.01. The Labute approximate surface area is 106 Å². The standard InChI is InChI=1S/C15H15NO2/c1-11-6-8-13(9-7-11)18-15(17)10-12-4-2-3-5-14(12)16/h2-9H,10,16H2,1H3. The largest absolute Gasteiger partial charge is 0.426 e. The molecule has 0 saturated carbocycles. The van der Waals surface area contributed by atoms with E-state index in [1.165, 1.54) is 0 Å². The van der Waals surface area contributed by atoms with Crippen molar-refractivity contribution in [2.75, 3.05) is 5.73 Å². The lowest BCUT2D eigenvalue weighted by molar-refractivity contribution is -0.133. The lowest BCUT2D eigenvalue weighted by Crippen LogP contribution is -2.12. The fourth-order valence-electron chi connectivity index (χ4n) is 1.62. The summed E-state index contributed by atoms with van der Waals surface area (Å²) >= 11 is 0. The Morgan fingerprint density at radius 1 is 1.11 bits per heavy atom. The van der Waals surface area contributed by atoms with Gasteiger partial charge in [0.2, 0.25) is 0 Å². The van der Waals surface area contributed by atoms with Gasteiger partial charge >= 0.3 is 5.97 Å². The first kappa shape index (κ1) is 12.2. The van der Waals surface area contributed by atoms with Crippen LogP contribution >= 0.6 is 0 Å². The van der Waals surface area contributed by atoms with E-state index in [0.717, 1.165) is 11.1 Å². The quantitative estimate of drug-likeness (QED) is 0.510. The van der Waals surface area contributed by atoms with Crippen LogP contribution in [0.2, 0.25) is 0 Å². The highest BCUT2D eigenvalue weighted by Crippen LogP contribution is 2.15. The van der Waals surface area contributed by atoms with Crippen LogP contribution in [-0.4, -0.2) is 5.97 Å². The normalized spacial score (nSPS) is 10.1. The predicted molar refractivity (Wildman–Crippen MR) is 71.4 cm³/mol. The van der Waals surface area contributed by atoms with Crippen LogP contribution in [0.1, 0.15) is 11.1 Å². The number of esters is 1. The molecular formula is C15H15NO2. The summed E-state index contributed by atoms with van der Waals surface area (Å²) in [5.41, 5.74) is 8.30. The van der Waals surface area contributed by atoms with Crippen molar-refractivity contribution < 1.29 is 9.53 Å². The van der Waals surface area contributed by atoms with Gasteiger partial charge in [-0.15, -0.1) is 0 Å². The first-order chi connectivity index (χ1) is 8.65. The molecule has 2 aromatic carbocycles. The smallest absolute Gasteiger partial charge is 0.315 e. The maximum absolute atomic E-state index is 11.7. The van der Waals surface area contributed by atoms with Crippen molar-refractivity contribution >= 4 is 11.7 Å². The number of carbonyl (C=O) groups is 1. The highest BCUT2D eigenvalue weighted by Gasteiger charge is 2.08. The van der Waals surface area contributed by atoms with Crippen LogP contribution in [0.4, 0.5) is 5.69 Å². The molecule has 0 bridgehead atoms. The number of rotatable bonds is 3. The van der Waals surface area contributed by atoms with E-state index < -0.39 is 0 Å². The number of hydrogen-bond acceptors (Lipinski definition) is 3. The molecule has 0 heterocycles. The number of hydrogen-bond donors (Lipinski definition) is 1. The Bertz CT molecular complexity index is 547. The summed E-state index contributed by atoms with van der Waals surface area (Å²) < 4.78 is 5.23. The summed E-state index contributed by atoms with van der Waals surface area (Å²) in [7, 11) is 0. The van der Waals surface area contributed by atoms with Crippen LogP contribution in [0.25, 0.3) is 0 Å². The predicted octanol–water partition coefficient (Wildman–Crippen LogP) is 2.73. The van der Waals surface area contributed by atoms with E-state index in [4.69, 9.17) is 10.5 Å². The molecule has 0 fully saturated rings. The minimum atomic E-state index is -0.309. The lowest BCUT2D eigenvalue weighted by atomic mass is 10.1. The molecule has 2 rings (SSSR count). The van der Waals surface area contributed by atoms with E-state index in [1.807, 2.05) is 37.3 Å². The average molecular weight is 241 g/mol. The van der Waals surface area contributed by atoms with Crippen molar-refractivity contribution in [2.45, 2.75) is 13.3 Å². The lowest BCUT2D eigenvalue weighted by Gasteiger charge is -2.06. The Morgan fingerprint density at radius 2 is 1.78 bits per heavy atom. The minimum Gasteiger partial charge on any atom is -0.426 e. The van der Waals surface area contributed by atoms with Gasteiger partial charge < -0.3 is 10.5 Å². The van der Waals surface area contributed by atoms with Gasteiger partial charge in [-0.1, -0.05) is 35.9 Å². The first-order valence-corrected chi connectivity index (χ1v) is 5.76. The summed E-state index contributed by atoms with van der Waals surface area (Å²) in [6, 6.07) is 14.7. The van der Waals surface area contributed by atoms with Crippen LogP contribution in [0.3, 0.4) is 0 Å². The van der Waals surface area contributed by atoms with Gasteiger partial charge in [0, 0.05) is 5.69 Å². The van der Waals surface area contributed by atoms with E-state index in [1.54, 1.807) is 18.2 Å². The molecule has 0 unspecified atom stereocenters. The molecule has 0 aliphatic heterocycles. The number of aryl methyl sites for hydroxylation is 1. The zero-order valence-corrected chi connectivity index (χ0v) is 10.2. The number of anilines is 1. The SMILES string of the molecule is Cc1ccc(OC(=O)Cc2ccccc2N)cc1. The summed E-state index contributed by atoms with van der Waals surface area (Å²) in [4.78, 5) is 11.7. The summed E-state index contributed by atoms with van der Waals surface area (Å²) in [6.45, 7) is 1.98. The molecule has 3 nitrogen and oxygen atoms in total. The van der Waals surface area contributed by atoms with Crippen LogP contribution in [0.5, 0.6) is 5.75 Å². The van der Waals surface area contributed by atoms with E-state index in [9.17, 15) is 4.79 Å². The third-order valence-corrected chi connectivity index (χ3v) is 2.64. The van der Waals surface area contributed by atoms with E-state index in [-0.39, 0.29) is 12.4 Å². The second kappa shape index (κ2) is 5.36. The van der Waals surface area contributed by atoms with Gasteiger partial charge in [0.25, 0.3) is 0 Å². The van der Waals surface area contributed by atoms with Gasteiger partial charge in [-0.3, -0.25) is 4.79 Å². The van der Waals surface area contributed by atoms with Gasteiger partial charge in [0.05, 0.1) is 6.42 Å². The molecular weight excluding hydrogens is 226 g/mol. The molecule has 0 atom stereocenters. The highest BCUT2D eigenvalue weighted by molar-refractivity contribution is 5.77. The molecule has 3 heteroatoms. The van der Waals surface area contributed by atoms with Crippen LogP contribution < -0.4 is 10.5 Å². The van der Waals surface area contributed by atoms with E-state index >= 15 is 0 Å². The van der Waals surface area contributed by atoms with Crippen LogP contribution in [-0.2, 0) is 11.2 Å². The van der Waals surface area contributed by atoms with E-state index in [0.29, 0.717) is 11.4 Å². The fourth-order valence-corrected chi connectivity index (χ4v) is 1.62. The van der Waals surface area contributed by atoms with Crippen LogP contribution in [0.15, 0.2) is 48.5 Å². The zero-order valence-electron chi connectivity index (χ0n) is 10.2. The third-order valence-electron chi connectivity index (χ3n) is 2.64. The third kappa shape index (κ3) is 3.10. The Morgan fingerprint density at radius 3 is 2.44 bits per heavy atom. The second-order valence-corrected chi connectivity index (χ2v) is 4.16. The second-order valence-electron chi connectivity index (χ2n) is 4.16. The van der Waals surface area contributed by atoms with Gasteiger partial charge in [0.1, 0.15) is 5.75 Å². The van der Waals surface area contributed by atoms with Crippen molar-refractivity contribution in [3.05, 3.63) is 59.7 Å². The van der Waals surface area contributed by atoms with Gasteiger partial charge in [-0.2, -0.15) is 0 Å². The van der Waals surface area contributed by atoms with Crippen molar-refractivity contribution in [3.8, 4) is 5.75 Å². The van der Waals surface area contributed by atoms with Gasteiger partial charge in [-0.25, -0.2) is 0 Å². The molecule has 0 radical (unpaired) electrons. The minimum absolute atomic E-state index is 0.181. The summed E-state index contributed by atoms with van der Waals surface area (Å²) in [5, 5.41) is 0. The number of carbonyl (C=O) groups excluding carboxylic acids is 1. The number of nitrogens with two attached hydrogens (primary N) is 1. The molecule has 0 aromatic heterocycles. The van der Waals surface area contributed by atoms with Crippen molar-refractivity contribution in [1.82, 2.24) is 0 Å². The molecule has 0 saturated heterocycles. The molecule has 0 spiro atoms. The Hall–Kier alpha value is -2.29. The van der Waals surface area contributed by atoms with Crippen molar-refractivity contribution in [1.29, 1.82) is 0 Å². The average Bonchev–Trinajstić information content (AvgIpc) is 2.35. The van der Waals surface area contributed by atoms with Crippen molar-refractivity contribution in [2.24, 2.45) is 0 Å². The number of para-hydroxylation sites is 1. The summed E-state index contributed by atoms with van der Waals surface area (Å²) in [6.07, 6.45) is 0.181. The van der Waals surface area contributed by atoms with Crippen molar-refractivity contribution in [3.63, 3.8) is 0 Å². The zero-order chi connectivity index (χ0) is 13.0. The summed E-state index contributed by atoms with van der Waals surface area (Å²) in [5.74, 6) is 0.247. The Kier molecular flexibility index (Phi) is 3.63. The number of ether oxygens (including phenoxy) is 1. The van der Waals surface area contributed by atoms with E-state index in [2.05, 4.69) is 0 Å². The molecule has 2 aromatic rings. The molecule has 2 N–H and O–H groups in total. The highest BCUT2D eigenvalue weighted by atomic mass is 16.5. The maximum Gasteiger partial charge on any atom is 0.315 e. The molecule has 92 valence electrons.